The Bertz CT molecular complexity index is 1620. The van der Waals surface area contributed by atoms with E-state index in [0.717, 1.165) is 0 Å². The van der Waals surface area contributed by atoms with Crippen molar-refractivity contribution in [1.29, 1.82) is 0 Å². The molecule has 0 bridgehead atoms. The molecule has 4 aromatic rings. The van der Waals surface area contributed by atoms with E-state index in [1.807, 2.05) is 0 Å². The second-order valence-corrected chi connectivity index (χ2v) is 10.1. The number of carbonyl (C=O) groups excluding carboxylic acids is 1. The highest BCUT2D eigenvalue weighted by molar-refractivity contribution is 7.90. The van der Waals surface area contributed by atoms with Gasteiger partial charge >= 0.3 is 6.03 Å². The number of benzene rings is 2. The number of aryl methyl sites for hydroxylation is 1. The fraction of sp³-hybridized carbons (Fsp3) is 0.200. The molecule has 0 N–H and O–H groups in total. The number of hydrogen-bond donors (Lipinski definition) is 0. The zero-order chi connectivity index (χ0) is 25.8. The molecule has 2 amide bonds. The van der Waals surface area contributed by atoms with Crippen molar-refractivity contribution in [1.82, 2.24) is 8.96 Å². The first-order chi connectivity index (χ1) is 17.2. The standard InChI is InChI=1S/C25H23FN4O5S/c1-15-10-19-23-16(13-27-24(19)30(15)36(32,33)18-8-6-5-7-9-18)14-29(25(31)28(23)2)20-11-17(34-3)12-21(35-4)22(20)26/h5-13H,14H2,1-4H3. The minimum Gasteiger partial charge on any atom is -0.497 e. The zero-order valence-corrected chi connectivity index (χ0v) is 20.8. The van der Waals surface area contributed by atoms with E-state index in [0.29, 0.717) is 28.1 Å². The largest absolute Gasteiger partial charge is 0.497 e. The number of amides is 2. The summed E-state index contributed by atoms with van der Waals surface area (Å²) >= 11 is 0. The van der Waals surface area contributed by atoms with Crippen molar-refractivity contribution in [2.24, 2.45) is 0 Å². The van der Waals surface area contributed by atoms with Gasteiger partial charge in [-0.3, -0.25) is 9.80 Å². The third-order valence-electron chi connectivity index (χ3n) is 6.21. The van der Waals surface area contributed by atoms with Crippen LogP contribution in [-0.4, -0.2) is 44.7 Å². The summed E-state index contributed by atoms with van der Waals surface area (Å²) in [6, 6.07) is 12.1. The number of ether oxygens (including phenoxy) is 2. The van der Waals surface area contributed by atoms with Gasteiger partial charge in [-0.05, 0) is 25.1 Å². The summed E-state index contributed by atoms with van der Waals surface area (Å²) in [6.07, 6.45) is 1.51. The van der Waals surface area contributed by atoms with Crippen molar-refractivity contribution in [3.63, 3.8) is 0 Å². The molecule has 11 heteroatoms. The van der Waals surface area contributed by atoms with E-state index in [9.17, 15) is 13.2 Å². The summed E-state index contributed by atoms with van der Waals surface area (Å²) in [5.41, 5.74) is 1.79. The second kappa shape index (κ2) is 8.52. The number of carbonyl (C=O) groups is 1. The Morgan fingerprint density at radius 1 is 1.06 bits per heavy atom. The molecule has 1 aliphatic heterocycles. The molecule has 0 aliphatic carbocycles. The number of methoxy groups -OCH3 is 2. The van der Waals surface area contributed by atoms with E-state index in [2.05, 4.69) is 4.98 Å². The fourth-order valence-corrected chi connectivity index (χ4v) is 6.03. The molecular formula is C25H23FN4O5S. The Kier molecular flexibility index (Phi) is 5.59. The first-order valence-electron chi connectivity index (χ1n) is 11.0. The maximum atomic E-state index is 15.2. The number of pyridine rings is 1. The van der Waals surface area contributed by atoms with Gasteiger partial charge in [0.25, 0.3) is 10.0 Å². The van der Waals surface area contributed by atoms with Crippen LogP contribution in [0, 0.1) is 12.7 Å². The number of anilines is 2. The Labute approximate surface area is 207 Å². The SMILES string of the molecule is COc1cc(OC)c(F)c(N2Cc3cnc4c(cc(C)n4S(=O)(=O)c4ccccc4)c3N(C)C2=O)c1. The predicted octanol–water partition coefficient (Wildman–Crippen LogP) is 4.31. The van der Waals surface area contributed by atoms with Crippen LogP contribution < -0.4 is 19.3 Å². The minimum absolute atomic E-state index is 0.00537. The van der Waals surface area contributed by atoms with Gasteiger partial charge in [-0.2, -0.15) is 0 Å². The second-order valence-electron chi connectivity index (χ2n) is 8.33. The van der Waals surface area contributed by atoms with Gasteiger partial charge in [-0.25, -0.2) is 26.6 Å². The van der Waals surface area contributed by atoms with E-state index in [4.69, 9.17) is 9.47 Å². The quantitative estimate of drug-likeness (QED) is 0.397. The van der Waals surface area contributed by atoms with Gasteiger partial charge < -0.3 is 9.47 Å². The Morgan fingerprint density at radius 3 is 2.44 bits per heavy atom. The summed E-state index contributed by atoms with van der Waals surface area (Å²) in [7, 11) is 0.403. The lowest BCUT2D eigenvalue weighted by molar-refractivity contribution is 0.251. The maximum Gasteiger partial charge on any atom is 0.329 e. The number of halogens is 1. The summed E-state index contributed by atoms with van der Waals surface area (Å²) in [6.45, 7) is 1.69. The number of hydrogen-bond acceptors (Lipinski definition) is 6. The third kappa shape index (κ3) is 3.46. The van der Waals surface area contributed by atoms with Crippen molar-refractivity contribution < 1.29 is 27.1 Å². The highest BCUT2D eigenvalue weighted by Gasteiger charge is 2.35. The summed E-state index contributed by atoms with van der Waals surface area (Å²) < 4.78 is 53.5. The van der Waals surface area contributed by atoms with Crippen molar-refractivity contribution in [2.45, 2.75) is 18.4 Å². The van der Waals surface area contributed by atoms with E-state index in [-0.39, 0.29) is 28.5 Å². The Hall–Kier alpha value is -4.12. The smallest absolute Gasteiger partial charge is 0.329 e. The Balaban J connectivity index is 1.66. The topological polar surface area (TPSA) is 94.0 Å². The molecule has 0 radical (unpaired) electrons. The third-order valence-corrected chi connectivity index (χ3v) is 8.02. The molecule has 0 fully saturated rings. The number of aromatic nitrogens is 2. The van der Waals surface area contributed by atoms with Gasteiger partial charge in [-0.1, -0.05) is 18.2 Å². The van der Waals surface area contributed by atoms with Crippen LogP contribution in [0.5, 0.6) is 11.5 Å². The van der Waals surface area contributed by atoms with E-state index < -0.39 is 21.9 Å². The van der Waals surface area contributed by atoms with Crippen LogP contribution in [-0.2, 0) is 16.6 Å². The first-order valence-corrected chi connectivity index (χ1v) is 12.4. The normalized spacial score (nSPS) is 13.8. The molecule has 36 heavy (non-hydrogen) atoms. The molecule has 0 atom stereocenters. The van der Waals surface area contributed by atoms with Crippen LogP contribution in [0.2, 0.25) is 0 Å². The van der Waals surface area contributed by atoms with Gasteiger partial charge in [0.1, 0.15) is 5.75 Å². The molecule has 0 saturated carbocycles. The minimum atomic E-state index is -3.92. The average molecular weight is 511 g/mol. The van der Waals surface area contributed by atoms with Gasteiger partial charge in [0.15, 0.2) is 17.2 Å². The van der Waals surface area contributed by atoms with Gasteiger partial charge in [0.2, 0.25) is 0 Å². The van der Waals surface area contributed by atoms with Crippen LogP contribution in [0.15, 0.2) is 59.6 Å². The molecule has 9 nitrogen and oxygen atoms in total. The lowest BCUT2D eigenvalue weighted by atomic mass is 10.1. The van der Waals surface area contributed by atoms with Crippen LogP contribution in [0.1, 0.15) is 11.3 Å². The summed E-state index contributed by atoms with van der Waals surface area (Å²) in [4.78, 5) is 20.7. The lowest BCUT2D eigenvalue weighted by Gasteiger charge is -2.35. The van der Waals surface area contributed by atoms with Gasteiger partial charge in [0, 0.05) is 42.0 Å². The van der Waals surface area contributed by atoms with Crippen molar-refractivity contribution in [3.8, 4) is 11.5 Å². The van der Waals surface area contributed by atoms with Gasteiger partial charge in [0.05, 0.1) is 37.0 Å². The van der Waals surface area contributed by atoms with Crippen LogP contribution in [0.25, 0.3) is 11.0 Å². The van der Waals surface area contributed by atoms with E-state index in [1.165, 1.54) is 58.5 Å². The first kappa shape index (κ1) is 23.6. The van der Waals surface area contributed by atoms with Crippen LogP contribution in [0.4, 0.5) is 20.6 Å². The lowest BCUT2D eigenvalue weighted by Crippen LogP contribution is -2.45. The molecule has 0 spiro atoms. The molecule has 2 aromatic carbocycles. The molecule has 1 aliphatic rings. The molecule has 0 unspecified atom stereocenters. The van der Waals surface area contributed by atoms with Gasteiger partial charge in [-0.15, -0.1) is 0 Å². The molecule has 5 rings (SSSR count). The van der Waals surface area contributed by atoms with Crippen molar-refractivity contribution in [3.05, 3.63) is 71.8 Å². The maximum absolute atomic E-state index is 15.2. The summed E-state index contributed by atoms with van der Waals surface area (Å²) in [5.74, 6) is -0.427. The van der Waals surface area contributed by atoms with Crippen LogP contribution in [0.3, 0.4) is 0 Å². The number of urea groups is 1. The monoisotopic (exact) mass is 510 g/mol. The zero-order valence-electron chi connectivity index (χ0n) is 20.0. The van der Waals surface area contributed by atoms with Crippen molar-refractivity contribution >= 4 is 38.5 Å². The van der Waals surface area contributed by atoms with Crippen molar-refractivity contribution in [2.75, 3.05) is 31.1 Å². The highest BCUT2D eigenvalue weighted by Crippen LogP contribution is 2.40. The van der Waals surface area contributed by atoms with E-state index >= 15 is 4.39 Å². The molecule has 186 valence electrons. The molecular weight excluding hydrogens is 487 g/mol. The number of fused-ring (bicyclic) bond motifs is 3. The average Bonchev–Trinajstić information content (AvgIpc) is 3.23. The highest BCUT2D eigenvalue weighted by atomic mass is 32.2. The van der Waals surface area contributed by atoms with E-state index in [1.54, 1.807) is 38.2 Å². The van der Waals surface area contributed by atoms with Crippen LogP contribution >= 0.6 is 0 Å². The Morgan fingerprint density at radius 2 is 1.78 bits per heavy atom. The number of rotatable bonds is 5. The number of nitrogens with zero attached hydrogens (tertiary/aromatic N) is 4. The fourth-order valence-electron chi connectivity index (χ4n) is 4.52. The molecule has 0 saturated heterocycles. The predicted molar refractivity (Wildman–Crippen MR) is 133 cm³/mol. The molecule has 3 heterocycles. The molecule has 2 aromatic heterocycles. The summed E-state index contributed by atoms with van der Waals surface area (Å²) in [5, 5.41) is 0.503.